The van der Waals surface area contributed by atoms with Gasteiger partial charge in [0.25, 0.3) is 0 Å². The van der Waals surface area contributed by atoms with Gasteiger partial charge in [0.2, 0.25) is 7.37 Å². The molecule has 0 saturated carbocycles. The third-order valence-corrected chi connectivity index (χ3v) is 9.44. The van der Waals surface area contributed by atoms with Crippen molar-refractivity contribution >= 4 is 25.3 Å². The number of carbonyl (C=O) groups excluding carboxylic acids is 3. The van der Waals surface area contributed by atoms with Crippen LogP contribution in [0.4, 0.5) is 0 Å². The summed E-state index contributed by atoms with van der Waals surface area (Å²) in [5.41, 5.74) is -1.84. The number of hydrogen-bond acceptors (Lipinski definition) is 12. The highest BCUT2D eigenvalue weighted by Crippen LogP contribution is 2.48. The molecule has 1 atom stereocenters. The maximum atomic E-state index is 13.9. The van der Waals surface area contributed by atoms with E-state index < -0.39 is 24.2 Å². The van der Waals surface area contributed by atoms with E-state index in [1.54, 1.807) is 0 Å². The zero-order valence-electron chi connectivity index (χ0n) is 30.8. The van der Waals surface area contributed by atoms with Crippen LogP contribution in [0, 0.1) is 0 Å². The molecule has 0 aromatic carbocycles. The molecule has 1 saturated heterocycles. The lowest BCUT2D eigenvalue weighted by Crippen LogP contribution is -2.49. The number of nitrogens with zero attached hydrogens (tertiary/aromatic N) is 4. The summed E-state index contributed by atoms with van der Waals surface area (Å²) in [7, 11) is -2.93. The molecule has 1 aliphatic heterocycles. The van der Waals surface area contributed by atoms with Crippen molar-refractivity contribution in [3.8, 4) is 0 Å². The Bertz CT molecular complexity index is 944. The second kappa shape index (κ2) is 19.4. The Morgan fingerprint density at radius 3 is 1.13 bits per heavy atom. The molecule has 46 heavy (non-hydrogen) atoms. The Balaban J connectivity index is 3.33. The average Bonchev–Trinajstić information content (AvgIpc) is 2.85. The summed E-state index contributed by atoms with van der Waals surface area (Å²) in [6.45, 7) is 25.3. The van der Waals surface area contributed by atoms with E-state index in [4.69, 9.17) is 18.7 Å². The monoisotopic (exact) mass is 676 g/mol. The number of hydrogen-bond donors (Lipinski definition) is 0. The Kier molecular flexibility index (Phi) is 17.9. The van der Waals surface area contributed by atoms with Gasteiger partial charge in [-0.1, -0.05) is 13.3 Å². The fourth-order valence-corrected chi connectivity index (χ4v) is 7.49. The van der Waals surface area contributed by atoms with Gasteiger partial charge in [0.1, 0.15) is 16.8 Å². The highest BCUT2D eigenvalue weighted by molar-refractivity contribution is 7.58. The Morgan fingerprint density at radius 1 is 0.565 bits per heavy atom. The largest absolute Gasteiger partial charge is 0.459 e. The molecule has 13 heteroatoms. The summed E-state index contributed by atoms with van der Waals surface area (Å²) in [6, 6.07) is 0. The van der Waals surface area contributed by atoms with Crippen LogP contribution in [0.5, 0.6) is 0 Å². The fraction of sp³-hybridized carbons (Fsp3) is 0.909. The van der Waals surface area contributed by atoms with Gasteiger partial charge in [0.05, 0.1) is 32.5 Å². The quantitative estimate of drug-likeness (QED) is 0.157. The molecule has 1 rings (SSSR count). The third kappa shape index (κ3) is 20.6. The molecule has 0 spiro atoms. The van der Waals surface area contributed by atoms with Crippen molar-refractivity contribution in [2.24, 2.45) is 0 Å². The van der Waals surface area contributed by atoms with E-state index in [1.165, 1.54) is 0 Å². The summed E-state index contributed by atoms with van der Waals surface area (Å²) in [5, 5.41) is 0. The summed E-state index contributed by atoms with van der Waals surface area (Å²) in [4.78, 5) is 46.8. The summed E-state index contributed by atoms with van der Waals surface area (Å²) in [6.07, 6.45) is 2.54. The van der Waals surface area contributed by atoms with Crippen molar-refractivity contribution in [2.75, 3.05) is 91.0 Å². The number of ether oxygens (including phenoxy) is 3. The van der Waals surface area contributed by atoms with Gasteiger partial charge < -0.3 is 18.7 Å². The Morgan fingerprint density at radius 2 is 0.870 bits per heavy atom. The molecule has 12 nitrogen and oxygen atoms in total. The highest BCUT2D eigenvalue weighted by atomic mass is 31.2. The molecule has 0 N–H and O–H groups in total. The van der Waals surface area contributed by atoms with E-state index in [9.17, 15) is 18.9 Å². The van der Waals surface area contributed by atoms with E-state index in [2.05, 4.69) is 11.8 Å². The van der Waals surface area contributed by atoms with Crippen LogP contribution in [0.1, 0.15) is 89.0 Å². The summed E-state index contributed by atoms with van der Waals surface area (Å²) in [5.74, 6) is -0.977. The molecule has 1 heterocycles. The van der Waals surface area contributed by atoms with Gasteiger partial charge in [-0.25, -0.2) is 0 Å². The lowest BCUT2D eigenvalue weighted by atomic mass is 10.2. The van der Waals surface area contributed by atoms with Gasteiger partial charge >= 0.3 is 17.9 Å². The second-order valence-corrected chi connectivity index (χ2v) is 17.8. The van der Waals surface area contributed by atoms with E-state index in [-0.39, 0.29) is 37.5 Å². The predicted octanol–water partition coefficient (Wildman–Crippen LogP) is 4.31. The van der Waals surface area contributed by atoms with Crippen molar-refractivity contribution in [2.45, 2.75) is 106 Å². The molecule has 0 radical (unpaired) electrons. The molecule has 0 bridgehead atoms. The van der Waals surface area contributed by atoms with Crippen LogP contribution in [0.2, 0.25) is 0 Å². The first-order chi connectivity index (χ1) is 21.1. The van der Waals surface area contributed by atoms with Crippen molar-refractivity contribution in [3.05, 3.63) is 0 Å². The number of rotatable bonds is 13. The minimum Gasteiger partial charge on any atom is -0.459 e. The summed E-state index contributed by atoms with van der Waals surface area (Å²) < 4.78 is 36.7. The Labute approximate surface area is 279 Å². The molecular formula is C33H65N4O8P. The molecule has 0 aliphatic carbocycles. The molecule has 1 fully saturated rings. The molecule has 270 valence electrons. The van der Waals surface area contributed by atoms with Gasteiger partial charge in [0.15, 0.2) is 0 Å². The minimum atomic E-state index is -2.93. The van der Waals surface area contributed by atoms with Gasteiger partial charge in [-0.3, -0.25) is 38.5 Å². The van der Waals surface area contributed by atoms with Gasteiger partial charge in [-0.05, 0) is 75.7 Å². The fourth-order valence-electron chi connectivity index (χ4n) is 4.98. The van der Waals surface area contributed by atoms with E-state index in [1.807, 2.05) is 83.9 Å². The molecular weight excluding hydrogens is 611 g/mol. The number of carbonyl (C=O) groups is 3. The van der Waals surface area contributed by atoms with Crippen molar-refractivity contribution in [1.82, 2.24) is 19.6 Å². The first-order valence-electron chi connectivity index (χ1n) is 16.9. The zero-order chi connectivity index (χ0) is 35.2. The average molecular weight is 677 g/mol. The van der Waals surface area contributed by atoms with E-state index >= 15 is 0 Å². The lowest BCUT2D eigenvalue weighted by molar-refractivity contribution is -0.158. The third-order valence-electron chi connectivity index (χ3n) is 6.88. The minimum absolute atomic E-state index is 0.0823. The van der Waals surface area contributed by atoms with Crippen LogP contribution in [-0.2, 0) is 37.7 Å². The maximum Gasteiger partial charge on any atom is 0.320 e. The van der Waals surface area contributed by atoms with Crippen LogP contribution in [0.3, 0.4) is 0 Å². The zero-order valence-corrected chi connectivity index (χ0v) is 31.7. The first-order valence-corrected chi connectivity index (χ1v) is 18.9. The van der Waals surface area contributed by atoms with E-state index in [0.29, 0.717) is 71.4 Å². The maximum absolute atomic E-state index is 13.9. The standard InChI is InChI=1S/C33H65N4O8P/c1-12-14-23-46(41,42-13-2)27-37-21-19-35(25-29(39)44-32(6,7)8)17-15-34(24-28(38)43-31(3,4)5)16-18-36(20-22-37)26-30(40)45-33(9,10)11/h12-27H2,1-11H3. The second-order valence-electron chi connectivity index (χ2n) is 15.2. The van der Waals surface area contributed by atoms with Crippen molar-refractivity contribution < 1.29 is 37.7 Å². The SMILES string of the molecule is CCCCP(=O)(CN1CCN(CC(=O)OC(C)(C)C)CCN(CC(=O)OC(C)(C)C)CCN(CC(=O)OC(C)(C)C)CC1)OCC. The van der Waals surface area contributed by atoms with Crippen LogP contribution < -0.4 is 0 Å². The van der Waals surface area contributed by atoms with Crippen LogP contribution >= 0.6 is 7.37 Å². The molecule has 0 amide bonds. The predicted molar refractivity (Wildman–Crippen MR) is 182 cm³/mol. The molecule has 1 aliphatic rings. The number of esters is 3. The van der Waals surface area contributed by atoms with Gasteiger partial charge in [0, 0.05) is 58.5 Å². The van der Waals surface area contributed by atoms with Gasteiger partial charge in [-0.15, -0.1) is 0 Å². The van der Waals surface area contributed by atoms with Crippen LogP contribution in [0.25, 0.3) is 0 Å². The smallest absolute Gasteiger partial charge is 0.320 e. The summed E-state index contributed by atoms with van der Waals surface area (Å²) >= 11 is 0. The van der Waals surface area contributed by atoms with Crippen molar-refractivity contribution in [1.29, 1.82) is 0 Å². The molecule has 0 aromatic rings. The molecule has 1 unspecified atom stereocenters. The van der Waals surface area contributed by atoms with Crippen molar-refractivity contribution in [3.63, 3.8) is 0 Å². The first kappa shape index (κ1) is 42.5. The highest BCUT2D eigenvalue weighted by Gasteiger charge is 2.29. The van der Waals surface area contributed by atoms with E-state index in [0.717, 1.165) is 12.8 Å². The normalized spacial score (nSPS) is 19.0. The Hall–Kier alpha value is -1.56. The van der Waals surface area contributed by atoms with Gasteiger partial charge in [-0.2, -0.15) is 0 Å². The number of unbranched alkanes of at least 4 members (excludes halogenated alkanes) is 1. The molecule has 0 aromatic heterocycles. The topological polar surface area (TPSA) is 118 Å². The van der Waals surface area contributed by atoms with Crippen LogP contribution in [0.15, 0.2) is 0 Å². The van der Waals surface area contributed by atoms with Crippen LogP contribution in [-0.4, -0.2) is 145 Å². The lowest BCUT2D eigenvalue weighted by Gasteiger charge is -2.35.